The van der Waals surface area contributed by atoms with Crippen molar-refractivity contribution in [3.05, 3.63) is 28.2 Å². The molecule has 0 amide bonds. The lowest BCUT2D eigenvalue weighted by atomic mass is 10.2. The summed E-state index contributed by atoms with van der Waals surface area (Å²) in [5.41, 5.74) is 2.19. The maximum atomic E-state index is 9.72. The second-order valence-electron chi connectivity index (χ2n) is 4.38. The first-order valence-corrected chi connectivity index (χ1v) is 6.58. The molecular weight excluding hydrogens is 282 g/mol. The molecule has 1 aromatic carbocycles. The Balaban J connectivity index is 2.41. The van der Waals surface area contributed by atoms with E-state index in [2.05, 4.69) is 21.2 Å². The Labute approximate surface area is 111 Å². The highest BCUT2D eigenvalue weighted by molar-refractivity contribution is 9.10. The number of nitrogens with one attached hydrogen (secondary N) is 1. The lowest BCUT2D eigenvalue weighted by Gasteiger charge is -2.16. The quantitative estimate of drug-likeness (QED) is 0.849. The average molecular weight is 302 g/mol. The molecule has 0 fully saturated rings. The molecule has 1 atom stereocenters. The van der Waals surface area contributed by atoms with Gasteiger partial charge in [0.1, 0.15) is 0 Å². The van der Waals surface area contributed by atoms with Crippen LogP contribution in [0.4, 0.5) is 5.69 Å². The molecule has 1 rings (SSSR count). The molecule has 0 aliphatic rings. The van der Waals surface area contributed by atoms with Crippen LogP contribution in [0.5, 0.6) is 0 Å². The molecule has 1 aromatic rings. The van der Waals surface area contributed by atoms with Gasteiger partial charge in [0.25, 0.3) is 0 Å². The third-order valence-corrected chi connectivity index (χ3v) is 2.84. The molecule has 4 heteroatoms. The van der Waals surface area contributed by atoms with Gasteiger partial charge in [-0.15, -0.1) is 0 Å². The molecule has 0 heterocycles. The Hall–Kier alpha value is -0.580. The van der Waals surface area contributed by atoms with E-state index in [0.717, 1.165) is 15.7 Å². The molecule has 0 aliphatic carbocycles. The van der Waals surface area contributed by atoms with E-state index in [9.17, 15) is 5.11 Å². The summed E-state index contributed by atoms with van der Waals surface area (Å²) in [5.74, 6) is 0. The standard InChI is InChI=1S/C13H20BrNO2/c1-9(2)17-8-12(16)7-15-13-6-11(14)5-4-10(13)3/h4-6,9,12,15-16H,7-8H2,1-3H3. The number of anilines is 1. The van der Waals surface area contributed by atoms with Gasteiger partial charge in [-0.05, 0) is 38.5 Å². The van der Waals surface area contributed by atoms with Crippen molar-refractivity contribution in [1.82, 2.24) is 0 Å². The monoisotopic (exact) mass is 301 g/mol. The van der Waals surface area contributed by atoms with E-state index in [1.54, 1.807) is 0 Å². The Morgan fingerprint density at radius 2 is 2.12 bits per heavy atom. The first-order chi connectivity index (χ1) is 7.99. The number of hydrogen-bond donors (Lipinski definition) is 2. The molecule has 1 unspecified atom stereocenters. The summed E-state index contributed by atoms with van der Waals surface area (Å²) >= 11 is 3.43. The number of ether oxygens (including phenoxy) is 1. The van der Waals surface area contributed by atoms with Crippen molar-refractivity contribution >= 4 is 21.6 Å². The number of rotatable bonds is 6. The highest BCUT2D eigenvalue weighted by atomic mass is 79.9. The number of aliphatic hydroxyl groups excluding tert-OH is 1. The smallest absolute Gasteiger partial charge is 0.0945 e. The first-order valence-electron chi connectivity index (χ1n) is 5.78. The highest BCUT2D eigenvalue weighted by Crippen LogP contribution is 2.20. The van der Waals surface area contributed by atoms with Crippen LogP contribution < -0.4 is 5.32 Å². The molecule has 0 spiro atoms. The Bertz CT molecular complexity index is 355. The van der Waals surface area contributed by atoms with Crippen LogP contribution in [0.1, 0.15) is 19.4 Å². The molecule has 3 nitrogen and oxygen atoms in total. The van der Waals surface area contributed by atoms with Crippen molar-refractivity contribution in [2.75, 3.05) is 18.5 Å². The van der Waals surface area contributed by atoms with Crippen LogP contribution in [-0.4, -0.2) is 30.5 Å². The Kier molecular flexibility index (Phi) is 5.95. The van der Waals surface area contributed by atoms with E-state index in [0.29, 0.717) is 13.2 Å². The van der Waals surface area contributed by atoms with Crippen LogP contribution >= 0.6 is 15.9 Å². The zero-order valence-corrected chi connectivity index (χ0v) is 12.1. The van der Waals surface area contributed by atoms with E-state index < -0.39 is 6.10 Å². The minimum atomic E-state index is -0.490. The van der Waals surface area contributed by atoms with E-state index >= 15 is 0 Å². The second kappa shape index (κ2) is 6.99. The fourth-order valence-corrected chi connectivity index (χ4v) is 1.74. The summed E-state index contributed by atoms with van der Waals surface area (Å²) < 4.78 is 6.37. The Morgan fingerprint density at radius 3 is 2.76 bits per heavy atom. The van der Waals surface area contributed by atoms with E-state index in [-0.39, 0.29) is 6.10 Å². The van der Waals surface area contributed by atoms with Crippen LogP contribution in [0.3, 0.4) is 0 Å². The maximum absolute atomic E-state index is 9.72. The summed E-state index contributed by atoms with van der Waals surface area (Å²) in [7, 11) is 0. The first kappa shape index (κ1) is 14.5. The minimum absolute atomic E-state index is 0.150. The van der Waals surface area contributed by atoms with Crippen molar-refractivity contribution in [3.63, 3.8) is 0 Å². The molecule has 0 saturated carbocycles. The zero-order valence-electron chi connectivity index (χ0n) is 10.5. The lowest BCUT2D eigenvalue weighted by Crippen LogP contribution is -2.26. The highest BCUT2D eigenvalue weighted by Gasteiger charge is 2.06. The fourth-order valence-electron chi connectivity index (χ4n) is 1.37. The van der Waals surface area contributed by atoms with Crippen LogP contribution in [0, 0.1) is 6.92 Å². The van der Waals surface area contributed by atoms with Crippen molar-refractivity contribution in [3.8, 4) is 0 Å². The van der Waals surface area contributed by atoms with Crippen LogP contribution in [0.25, 0.3) is 0 Å². The largest absolute Gasteiger partial charge is 0.389 e. The third-order valence-electron chi connectivity index (χ3n) is 2.35. The van der Waals surface area contributed by atoms with Gasteiger partial charge in [-0.25, -0.2) is 0 Å². The van der Waals surface area contributed by atoms with Crippen molar-refractivity contribution in [2.24, 2.45) is 0 Å². The number of benzene rings is 1. The van der Waals surface area contributed by atoms with Crippen LogP contribution in [0.2, 0.25) is 0 Å². The van der Waals surface area contributed by atoms with Gasteiger partial charge in [0.05, 0.1) is 18.8 Å². The number of hydrogen-bond acceptors (Lipinski definition) is 3. The van der Waals surface area contributed by atoms with Crippen molar-refractivity contribution in [2.45, 2.75) is 33.0 Å². The van der Waals surface area contributed by atoms with E-state index in [1.807, 2.05) is 39.0 Å². The summed E-state index contributed by atoms with van der Waals surface area (Å²) in [6, 6.07) is 6.04. The fraction of sp³-hybridized carbons (Fsp3) is 0.538. The predicted octanol–water partition coefficient (Wildman–Crippen LogP) is 2.96. The summed E-state index contributed by atoms with van der Waals surface area (Å²) in [6.45, 7) is 6.80. The van der Waals surface area contributed by atoms with E-state index in [4.69, 9.17) is 4.74 Å². The second-order valence-corrected chi connectivity index (χ2v) is 5.29. The molecule has 2 N–H and O–H groups in total. The SMILES string of the molecule is Cc1ccc(Br)cc1NCC(O)COC(C)C. The topological polar surface area (TPSA) is 41.5 Å². The van der Waals surface area contributed by atoms with Gasteiger partial charge in [0.2, 0.25) is 0 Å². The number of aliphatic hydroxyl groups is 1. The van der Waals surface area contributed by atoms with Crippen molar-refractivity contribution < 1.29 is 9.84 Å². The van der Waals surface area contributed by atoms with Gasteiger partial charge in [-0.2, -0.15) is 0 Å². The lowest BCUT2D eigenvalue weighted by molar-refractivity contribution is 0.0112. The van der Waals surface area contributed by atoms with Crippen LogP contribution in [0.15, 0.2) is 22.7 Å². The van der Waals surface area contributed by atoms with Gasteiger partial charge in [-0.3, -0.25) is 0 Å². The normalized spacial score (nSPS) is 12.8. The summed E-state index contributed by atoms with van der Waals surface area (Å²) in [5, 5.41) is 12.9. The molecule has 0 saturated heterocycles. The maximum Gasteiger partial charge on any atom is 0.0945 e. The Morgan fingerprint density at radius 1 is 1.41 bits per heavy atom. The van der Waals surface area contributed by atoms with Gasteiger partial charge in [-0.1, -0.05) is 22.0 Å². The summed E-state index contributed by atoms with van der Waals surface area (Å²) in [4.78, 5) is 0. The van der Waals surface area contributed by atoms with E-state index in [1.165, 1.54) is 0 Å². The van der Waals surface area contributed by atoms with Crippen molar-refractivity contribution in [1.29, 1.82) is 0 Å². The van der Waals surface area contributed by atoms with Gasteiger partial charge < -0.3 is 15.2 Å². The van der Waals surface area contributed by atoms with Crippen LogP contribution in [-0.2, 0) is 4.74 Å². The number of halogens is 1. The van der Waals surface area contributed by atoms with Gasteiger partial charge in [0.15, 0.2) is 0 Å². The average Bonchev–Trinajstić information content (AvgIpc) is 2.27. The molecule has 0 aliphatic heterocycles. The van der Waals surface area contributed by atoms with Gasteiger partial charge >= 0.3 is 0 Å². The molecule has 0 aromatic heterocycles. The number of aryl methyl sites for hydroxylation is 1. The molecular formula is C13H20BrNO2. The summed E-state index contributed by atoms with van der Waals surface area (Å²) in [6.07, 6.45) is -0.340. The molecule has 0 bridgehead atoms. The molecule has 17 heavy (non-hydrogen) atoms. The predicted molar refractivity (Wildman–Crippen MR) is 74.5 cm³/mol. The van der Waals surface area contributed by atoms with Gasteiger partial charge in [0, 0.05) is 16.7 Å². The molecule has 96 valence electrons. The minimum Gasteiger partial charge on any atom is -0.389 e. The molecule has 0 radical (unpaired) electrons. The zero-order chi connectivity index (χ0) is 12.8. The third kappa shape index (κ3) is 5.52.